The third kappa shape index (κ3) is 8.61. The van der Waals surface area contributed by atoms with Crippen LogP contribution in [0, 0.1) is 0 Å². The van der Waals surface area contributed by atoms with Crippen LogP contribution in [0.15, 0.2) is 24.3 Å². The molecule has 1 aromatic rings. The summed E-state index contributed by atoms with van der Waals surface area (Å²) in [6.07, 6.45) is 0.558. The molecule has 0 saturated carbocycles. The lowest BCUT2D eigenvalue weighted by Crippen LogP contribution is -2.28. The lowest BCUT2D eigenvalue weighted by atomic mass is 10.1. The fourth-order valence-electron chi connectivity index (χ4n) is 1.23. The third-order valence-corrected chi connectivity index (χ3v) is 2.82. The zero-order valence-corrected chi connectivity index (χ0v) is 11.5. The second-order valence-electron chi connectivity index (χ2n) is 3.58. The van der Waals surface area contributed by atoms with Gasteiger partial charge in [-0.25, -0.2) is 0 Å². The molecule has 0 aliphatic rings. The average molecular weight is 315 g/mol. The van der Waals surface area contributed by atoms with Crippen LogP contribution in [0.25, 0.3) is 0 Å². The Morgan fingerprint density at radius 3 is 2.37 bits per heavy atom. The Morgan fingerprint density at radius 2 is 1.84 bits per heavy atom. The van der Waals surface area contributed by atoms with Gasteiger partial charge in [0, 0.05) is 12.2 Å². The predicted molar refractivity (Wildman–Crippen MR) is 73.3 cm³/mol. The topological polar surface area (TPSA) is 55.1 Å². The molecule has 1 amide bonds. The Bertz CT molecular complexity index is 398. The van der Waals surface area contributed by atoms with Crippen molar-refractivity contribution in [2.24, 2.45) is 0 Å². The molecule has 0 aromatic heterocycles. The van der Waals surface area contributed by atoms with Crippen LogP contribution in [0.3, 0.4) is 0 Å². The number of nitrogens with two attached hydrogens (primary N) is 1. The highest BCUT2D eigenvalue weighted by atomic mass is 35.5. The zero-order chi connectivity index (χ0) is 13.6. The number of hydrogen-bond donors (Lipinski definition) is 2. The van der Waals surface area contributed by atoms with E-state index in [0.29, 0.717) is 18.7 Å². The van der Waals surface area contributed by atoms with E-state index >= 15 is 0 Å². The van der Waals surface area contributed by atoms with E-state index in [-0.39, 0.29) is 24.2 Å². The van der Waals surface area contributed by atoms with Crippen LogP contribution in [-0.4, -0.2) is 23.7 Å². The summed E-state index contributed by atoms with van der Waals surface area (Å²) in [5, 5.41) is 2.43. The van der Waals surface area contributed by atoms with Gasteiger partial charge in [-0.3, -0.25) is 4.79 Å². The van der Waals surface area contributed by atoms with Crippen LogP contribution in [0.2, 0.25) is 0 Å². The first kappa shape index (κ1) is 17.9. The van der Waals surface area contributed by atoms with Crippen molar-refractivity contribution in [3.8, 4) is 0 Å². The van der Waals surface area contributed by atoms with E-state index in [4.69, 9.17) is 5.73 Å². The number of benzene rings is 1. The Morgan fingerprint density at radius 1 is 1.26 bits per heavy atom. The molecule has 0 fully saturated rings. The largest absolute Gasteiger partial charge is 0.442 e. The number of amides is 1. The van der Waals surface area contributed by atoms with Crippen molar-refractivity contribution in [1.82, 2.24) is 5.32 Å². The lowest BCUT2D eigenvalue weighted by molar-refractivity contribution is -0.118. The summed E-state index contributed by atoms with van der Waals surface area (Å²) in [6, 6.07) is 7.09. The maximum Gasteiger partial charge on any atom is 0.442 e. The van der Waals surface area contributed by atoms with Gasteiger partial charge in [-0.15, -0.1) is 12.4 Å². The van der Waals surface area contributed by atoms with Gasteiger partial charge in [0.05, 0.1) is 5.75 Å². The fourth-order valence-corrected chi connectivity index (χ4v) is 1.63. The summed E-state index contributed by atoms with van der Waals surface area (Å²) in [5.74, 6) is -1.22. The number of alkyl halides is 3. The molecule has 0 radical (unpaired) electrons. The minimum absolute atomic E-state index is 0. The van der Waals surface area contributed by atoms with Crippen molar-refractivity contribution in [2.45, 2.75) is 11.9 Å². The number of halogens is 4. The molecule has 0 unspecified atom stereocenters. The Hall–Kier alpha value is -1.08. The van der Waals surface area contributed by atoms with E-state index in [1.54, 1.807) is 12.1 Å². The molecule has 0 saturated heterocycles. The number of anilines is 1. The van der Waals surface area contributed by atoms with Crippen molar-refractivity contribution >= 4 is 35.8 Å². The minimum Gasteiger partial charge on any atom is -0.399 e. The highest BCUT2D eigenvalue weighted by Crippen LogP contribution is 2.29. The number of thioether (sulfide) groups is 1. The molecule has 1 rings (SSSR count). The van der Waals surface area contributed by atoms with Gasteiger partial charge >= 0.3 is 5.51 Å². The normalized spacial score (nSPS) is 10.7. The molecule has 108 valence electrons. The van der Waals surface area contributed by atoms with Crippen LogP contribution < -0.4 is 11.1 Å². The summed E-state index contributed by atoms with van der Waals surface area (Å²) in [6.45, 7) is 0.307. The first-order chi connectivity index (χ1) is 8.37. The summed E-state index contributed by atoms with van der Waals surface area (Å²) in [5.41, 5.74) is 2.75. The second kappa shape index (κ2) is 8.16. The number of carbonyl (C=O) groups is 1. The minimum atomic E-state index is -4.37. The molecular formula is C11H14ClF3N2OS. The van der Waals surface area contributed by atoms with E-state index in [9.17, 15) is 18.0 Å². The summed E-state index contributed by atoms with van der Waals surface area (Å²) >= 11 is -0.339. The van der Waals surface area contributed by atoms with Gasteiger partial charge in [0.25, 0.3) is 0 Å². The molecule has 8 heteroatoms. The second-order valence-corrected chi connectivity index (χ2v) is 4.62. The van der Waals surface area contributed by atoms with Gasteiger partial charge in [-0.2, -0.15) is 13.2 Å². The maximum atomic E-state index is 11.8. The maximum absolute atomic E-state index is 11.8. The molecule has 0 atom stereocenters. The molecule has 3 nitrogen and oxygen atoms in total. The standard InChI is InChI=1S/C11H13F3N2OS.ClH/c12-11(13,14)18-7-10(17)16-6-5-8-1-3-9(15)4-2-8;/h1-4H,5-7,15H2,(H,16,17);1H. The lowest BCUT2D eigenvalue weighted by Gasteiger charge is -2.07. The molecule has 0 bridgehead atoms. The van der Waals surface area contributed by atoms with Gasteiger partial charge in [0.15, 0.2) is 0 Å². The Balaban J connectivity index is 0.00000324. The first-order valence-electron chi connectivity index (χ1n) is 5.18. The molecule has 0 heterocycles. The van der Waals surface area contributed by atoms with Gasteiger partial charge in [0.2, 0.25) is 5.91 Å². The van der Waals surface area contributed by atoms with E-state index in [0.717, 1.165) is 5.56 Å². The van der Waals surface area contributed by atoms with Gasteiger partial charge in [-0.1, -0.05) is 12.1 Å². The number of hydrogen-bond acceptors (Lipinski definition) is 3. The molecule has 3 N–H and O–H groups in total. The highest BCUT2D eigenvalue weighted by molar-refractivity contribution is 8.00. The first-order valence-corrected chi connectivity index (χ1v) is 6.17. The van der Waals surface area contributed by atoms with E-state index in [2.05, 4.69) is 5.32 Å². The molecular weight excluding hydrogens is 301 g/mol. The van der Waals surface area contributed by atoms with E-state index in [1.807, 2.05) is 12.1 Å². The summed E-state index contributed by atoms with van der Waals surface area (Å²) in [4.78, 5) is 11.1. The third-order valence-electron chi connectivity index (χ3n) is 2.08. The average Bonchev–Trinajstić information content (AvgIpc) is 2.28. The van der Waals surface area contributed by atoms with Crippen molar-refractivity contribution in [3.63, 3.8) is 0 Å². The Labute approximate surface area is 119 Å². The van der Waals surface area contributed by atoms with Crippen molar-refractivity contribution in [2.75, 3.05) is 18.0 Å². The molecule has 0 aliphatic heterocycles. The smallest absolute Gasteiger partial charge is 0.399 e. The number of carbonyl (C=O) groups excluding carboxylic acids is 1. The molecule has 0 spiro atoms. The van der Waals surface area contributed by atoms with Crippen LogP contribution in [0.1, 0.15) is 5.56 Å². The van der Waals surface area contributed by atoms with Gasteiger partial charge in [0.1, 0.15) is 0 Å². The number of rotatable bonds is 5. The van der Waals surface area contributed by atoms with Crippen molar-refractivity contribution in [1.29, 1.82) is 0 Å². The van der Waals surface area contributed by atoms with Crippen molar-refractivity contribution < 1.29 is 18.0 Å². The number of nitrogen functional groups attached to an aromatic ring is 1. The quantitative estimate of drug-likeness (QED) is 0.821. The predicted octanol–water partition coefficient (Wildman–Crippen LogP) is 2.60. The van der Waals surface area contributed by atoms with Crippen LogP contribution in [0.5, 0.6) is 0 Å². The van der Waals surface area contributed by atoms with Crippen LogP contribution in [0.4, 0.5) is 18.9 Å². The highest BCUT2D eigenvalue weighted by Gasteiger charge is 2.29. The Kier molecular flexibility index (Phi) is 7.70. The molecule has 1 aromatic carbocycles. The zero-order valence-electron chi connectivity index (χ0n) is 9.87. The van der Waals surface area contributed by atoms with E-state index < -0.39 is 17.2 Å². The molecule has 0 aliphatic carbocycles. The monoisotopic (exact) mass is 314 g/mol. The molecule has 19 heavy (non-hydrogen) atoms. The SMILES string of the molecule is Cl.Nc1ccc(CCNC(=O)CSC(F)(F)F)cc1. The summed E-state index contributed by atoms with van der Waals surface area (Å²) < 4.78 is 35.4. The van der Waals surface area contributed by atoms with Gasteiger partial charge in [-0.05, 0) is 35.9 Å². The fraction of sp³-hybridized carbons (Fsp3) is 0.364. The van der Waals surface area contributed by atoms with Crippen LogP contribution >= 0.6 is 24.2 Å². The van der Waals surface area contributed by atoms with Gasteiger partial charge < -0.3 is 11.1 Å². The van der Waals surface area contributed by atoms with Crippen molar-refractivity contribution in [3.05, 3.63) is 29.8 Å². The summed E-state index contributed by atoms with van der Waals surface area (Å²) in [7, 11) is 0. The van der Waals surface area contributed by atoms with E-state index in [1.165, 1.54) is 0 Å². The van der Waals surface area contributed by atoms with Crippen LogP contribution in [-0.2, 0) is 11.2 Å². The number of nitrogens with one attached hydrogen (secondary N) is 1.